The molecule has 0 aliphatic carbocycles. The smallest absolute Gasteiger partial charge is 0.348 e. The molecular formula is C16H20BrNO5. The highest BCUT2D eigenvalue weighted by atomic mass is 79.9. The molecule has 1 N–H and O–H groups in total. The molecule has 1 amide bonds. The third-order valence-electron chi connectivity index (χ3n) is 2.97. The summed E-state index contributed by atoms with van der Waals surface area (Å²) >= 11 is 3.31. The molecule has 0 fully saturated rings. The highest BCUT2D eigenvalue weighted by Crippen LogP contribution is 2.17. The highest BCUT2D eigenvalue weighted by Gasteiger charge is 2.22. The van der Waals surface area contributed by atoms with Crippen molar-refractivity contribution in [2.24, 2.45) is 0 Å². The third-order valence-corrected chi connectivity index (χ3v) is 3.50. The Morgan fingerprint density at radius 2 is 1.83 bits per heavy atom. The van der Waals surface area contributed by atoms with Gasteiger partial charge in [0.05, 0.1) is 13.7 Å². The number of hydrogen-bond donors (Lipinski definition) is 1. The molecule has 0 radical (unpaired) electrons. The summed E-state index contributed by atoms with van der Waals surface area (Å²) in [7, 11) is 1.26. The minimum atomic E-state index is -0.932. The summed E-state index contributed by atoms with van der Waals surface area (Å²) in [5.74, 6) is -0.269. The molecule has 6 nitrogen and oxygen atoms in total. The van der Waals surface area contributed by atoms with Crippen molar-refractivity contribution in [3.05, 3.63) is 28.7 Å². The van der Waals surface area contributed by atoms with Crippen molar-refractivity contribution in [1.82, 2.24) is 5.32 Å². The number of Topliss-reactive ketones (excluding diaryl/α,β-unsaturated/α-hetero) is 1. The van der Waals surface area contributed by atoms with E-state index in [0.29, 0.717) is 18.6 Å². The Morgan fingerprint density at radius 3 is 2.39 bits per heavy atom. The van der Waals surface area contributed by atoms with Crippen LogP contribution < -0.4 is 10.1 Å². The zero-order valence-electron chi connectivity index (χ0n) is 13.1. The molecule has 0 saturated carbocycles. The van der Waals surface area contributed by atoms with E-state index < -0.39 is 12.1 Å². The van der Waals surface area contributed by atoms with Crippen LogP contribution in [0.5, 0.6) is 5.75 Å². The molecule has 1 aromatic carbocycles. The molecule has 0 spiro atoms. The molecule has 23 heavy (non-hydrogen) atoms. The fourth-order valence-corrected chi connectivity index (χ4v) is 2.04. The van der Waals surface area contributed by atoms with E-state index in [1.54, 1.807) is 24.3 Å². The van der Waals surface area contributed by atoms with Crippen LogP contribution in [0, 0.1) is 0 Å². The SMILES string of the molecule is COC(=O)[C@H](CNC(=O)CCCC(C)=O)Oc1ccc(Br)cc1. The van der Waals surface area contributed by atoms with E-state index in [9.17, 15) is 14.4 Å². The Balaban J connectivity index is 2.51. The first-order chi connectivity index (χ1) is 10.9. The lowest BCUT2D eigenvalue weighted by Gasteiger charge is -2.17. The number of rotatable bonds is 9. The van der Waals surface area contributed by atoms with Gasteiger partial charge in [0.2, 0.25) is 12.0 Å². The summed E-state index contributed by atoms with van der Waals surface area (Å²) in [4.78, 5) is 34.3. The number of amides is 1. The number of carbonyl (C=O) groups is 3. The molecule has 0 aliphatic heterocycles. The molecule has 0 aromatic heterocycles. The van der Waals surface area contributed by atoms with Gasteiger partial charge in [-0.15, -0.1) is 0 Å². The molecule has 0 unspecified atom stereocenters. The molecule has 1 atom stereocenters. The van der Waals surface area contributed by atoms with Crippen molar-refractivity contribution in [2.75, 3.05) is 13.7 Å². The predicted octanol–water partition coefficient (Wildman–Crippen LogP) is 2.24. The van der Waals surface area contributed by atoms with Gasteiger partial charge in [0, 0.05) is 17.3 Å². The second-order valence-electron chi connectivity index (χ2n) is 4.94. The predicted molar refractivity (Wildman–Crippen MR) is 88.1 cm³/mol. The van der Waals surface area contributed by atoms with E-state index >= 15 is 0 Å². The fraction of sp³-hybridized carbons (Fsp3) is 0.438. The first-order valence-corrected chi connectivity index (χ1v) is 7.98. The number of carbonyl (C=O) groups excluding carboxylic acids is 3. The summed E-state index contributed by atoms with van der Waals surface area (Å²) in [6.07, 6.45) is 0.144. The second kappa shape index (κ2) is 9.99. The molecule has 1 rings (SSSR count). The average molecular weight is 386 g/mol. The fourth-order valence-electron chi connectivity index (χ4n) is 1.77. The van der Waals surface area contributed by atoms with Gasteiger partial charge in [-0.05, 0) is 37.6 Å². The summed E-state index contributed by atoms with van der Waals surface area (Å²) < 4.78 is 11.1. The van der Waals surface area contributed by atoms with E-state index in [4.69, 9.17) is 4.74 Å². The Labute approximate surface area is 143 Å². The quantitative estimate of drug-likeness (QED) is 0.659. The monoisotopic (exact) mass is 385 g/mol. The van der Waals surface area contributed by atoms with Crippen LogP contribution in [-0.2, 0) is 19.1 Å². The van der Waals surface area contributed by atoms with Gasteiger partial charge in [-0.2, -0.15) is 0 Å². The molecule has 0 aliphatic rings. The summed E-state index contributed by atoms with van der Waals surface area (Å²) in [5.41, 5.74) is 0. The number of methoxy groups -OCH3 is 1. The minimum absolute atomic E-state index is 0.00163. The highest BCUT2D eigenvalue weighted by molar-refractivity contribution is 9.10. The third kappa shape index (κ3) is 7.78. The molecular weight excluding hydrogens is 366 g/mol. The van der Waals surface area contributed by atoms with Crippen LogP contribution in [0.3, 0.4) is 0 Å². The van der Waals surface area contributed by atoms with Crippen molar-refractivity contribution < 1.29 is 23.9 Å². The maximum atomic E-state index is 11.7. The number of ketones is 1. The topological polar surface area (TPSA) is 81.7 Å². The van der Waals surface area contributed by atoms with Crippen LogP contribution in [0.15, 0.2) is 28.7 Å². The van der Waals surface area contributed by atoms with Gasteiger partial charge in [-0.25, -0.2) is 4.79 Å². The Morgan fingerprint density at radius 1 is 1.17 bits per heavy atom. The summed E-state index contributed by atoms with van der Waals surface area (Å²) in [6.45, 7) is 1.49. The van der Waals surface area contributed by atoms with E-state index in [-0.39, 0.29) is 24.7 Å². The number of benzene rings is 1. The zero-order chi connectivity index (χ0) is 17.2. The van der Waals surface area contributed by atoms with Crippen LogP contribution in [0.1, 0.15) is 26.2 Å². The first-order valence-electron chi connectivity index (χ1n) is 7.18. The van der Waals surface area contributed by atoms with Crippen molar-refractivity contribution >= 4 is 33.6 Å². The van der Waals surface area contributed by atoms with E-state index in [0.717, 1.165) is 4.47 Å². The Hall–Kier alpha value is -1.89. The largest absolute Gasteiger partial charge is 0.477 e. The molecule has 7 heteroatoms. The Kier molecular flexibility index (Phi) is 8.32. The van der Waals surface area contributed by atoms with E-state index in [1.807, 2.05) is 0 Å². The van der Waals surface area contributed by atoms with Crippen LogP contribution in [-0.4, -0.2) is 37.4 Å². The Bertz CT molecular complexity index is 544. The van der Waals surface area contributed by atoms with Crippen molar-refractivity contribution in [2.45, 2.75) is 32.3 Å². The number of esters is 1. The minimum Gasteiger partial charge on any atom is -0.477 e. The second-order valence-corrected chi connectivity index (χ2v) is 5.86. The lowest BCUT2D eigenvalue weighted by Crippen LogP contribution is -2.41. The van der Waals surface area contributed by atoms with Crippen LogP contribution in [0.4, 0.5) is 0 Å². The number of halogens is 1. The number of ether oxygens (including phenoxy) is 2. The maximum Gasteiger partial charge on any atom is 0.348 e. The first kappa shape index (κ1) is 19.2. The van der Waals surface area contributed by atoms with Gasteiger partial charge in [0.1, 0.15) is 11.5 Å². The summed E-state index contributed by atoms with van der Waals surface area (Å²) in [6, 6.07) is 6.97. The van der Waals surface area contributed by atoms with Gasteiger partial charge >= 0.3 is 5.97 Å². The molecule has 0 heterocycles. The van der Waals surface area contributed by atoms with Gasteiger partial charge in [-0.1, -0.05) is 15.9 Å². The lowest BCUT2D eigenvalue weighted by molar-refractivity contribution is -0.148. The van der Waals surface area contributed by atoms with Crippen LogP contribution in [0.2, 0.25) is 0 Å². The number of nitrogens with one attached hydrogen (secondary N) is 1. The van der Waals surface area contributed by atoms with E-state index in [1.165, 1.54) is 14.0 Å². The van der Waals surface area contributed by atoms with Crippen molar-refractivity contribution in [1.29, 1.82) is 0 Å². The molecule has 1 aromatic rings. The van der Waals surface area contributed by atoms with Gasteiger partial charge in [0.25, 0.3) is 0 Å². The standard InChI is InChI=1S/C16H20BrNO5/c1-11(19)4-3-5-15(20)18-10-14(16(21)22-2)23-13-8-6-12(17)7-9-13/h6-9,14H,3-5,10H2,1-2H3,(H,18,20)/t14-/m0/s1. The van der Waals surface area contributed by atoms with Crippen LogP contribution in [0.25, 0.3) is 0 Å². The average Bonchev–Trinajstić information content (AvgIpc) is 2.52. The summed E-state index contributed by atoms with van der Waals surface area (Å²) in [5, 5.41) is 2.62. The van der Waals surface area contributed by atoms with Gasteiger partial charge < -0.3 is 19.6 Å². The maximum absolute atomic E-state index is 11.7. The van der Waals surface area contributed by atoms with Crippen molar-refractivity contribution in [3.8, 4) is 5.75 Å². The molecule has 126 valence electrons. The van der Waals surface area contributed by atoms with Gasteiger partial charge in [0.15, 0.2) is 0 Å². The van der Waals surface area contributed by atoms with Gasteiger partial charge in [-0.3, -0.25) is 4.79 Å². The van der Waals surface area contributed by atoms with Crippen LogP contribution >= 0.6 is 15.9 Å². The molecule has 0 saturated heterocycles. The molecule has 0 bridgehead atoms. The lowest BCUT2D eigenvalue weighted by atomic mass is 10.2. The normalized spacial score (nSPS) is 11.4. The number of hydrogen-bond acceptors (Lipinski definition) is 5. The van der Waals surface area contributed by atoms with E-state index in [2.05, 4.69) is 26.0 Å². The zero-order valence-corrected chi connectivity index (χ0v) is 14.7. The van der Waals surface area contributed by atoms with Crippen molar-refractivity contribution in [3.63, 3.8) is 0 Å².